The topological polar surface area (TPSA) is 40.2 Å². The highest BCUT2D eigenvalue weighted by Gasteiger charge is 2.10. The maximum Gasteiger partial charge on any atom is 0.138 e. The van der Waals surface area contributed by atoms with Crippen molar-refractivity contribution >= 4 is 28.2 Å². The molecule has 4 heteroatoms. The van der Waals surface area contributed by atoms with Gasteiger partial charge >= 0.3 is 0 Å². The molecule has 0 aliphatic heterocycles. The van der Waals surface area contributed by atoms with Crippen LogP contribution in [0.25, 0.3) is 10.9 Å². The molecule has 0 bridgehead atoms. The van der Waals surface area contributed by atoms with Crippen LogP contribution in [0.2, 0.25) is 5.02 Å². The summed E-state index contributed by atoms with van der Waals surface area (Å²) in [7, 11) is 0. The Morgan fingerprint density at radius 3 is 2.71 bits per heavy atom. The minimum Gasteiger partial charge on any atom is -0.486 e. The molecule has 0 amide bonds. The zero-order valence-corrected chi connectivity index (χ0v) is 12.6. The molecule has 0 unspecified atom stereocenters. The van der Waals surface area contributed by atoms with Gasteiger partial charge in [0.05, 0.1) is 16.2 Å². The third-order valence-electron chi connectivity index (χ3n) is 3.59. The molecule has 0 saturated heterocycles. The van der Waals surface area contributed by atoms with E-state index in [0.29, 0.717) is 17.4 Å². The van der Waals surface area contributed by atoms with E-state index in [0.717, 1.165) is 28.8 Å². The number of nitrogens with zero attached hydrogens (tertiary/aromatic N) is 1. The van der Waals surface area contributed by atoms with E-state index in [2.05, 4.69) is 23.6 Å². The van der Waals surface area contributed by atoms with Gasteiger partial charge in [0.1, 0.15) is 12.4 Å². The average Bonchev–Trinajstić information content (AvgIpc) is 2.85. The second-order valence-electron chi connectivity index (χ2n) is 4.88. The van der Waals surface area contributed by atoms with Gasteiger partial charge in [0.2, 0.25) is 0 Å². The SMILES string of the molecule is CCn1c(COc2ccccc2Cl)cc2c(N)cccc21. The summed E-state index contributed by atoms with van der Waals surface area (Å²) >= 11 is 6.12. The van der Waals surface area contributed by atoms with Gasteiger partial charge < -0.3 is 15.0 Å². The van der Waals surface area contributed by atoms with Crippen LogP contribution in [0.1, 0.15) is 12.6 Å². The van der Waals surface area contributed by atoms with Gasteiger partial charge in [-0.1, -0.05) is 29.8 Å². The minimum absolute atomic E-state index is 0.464. The van der Waals surface area contributed by atoms with Crippen molar-refractivity contribution in [1.82, 2.24) is 4.57 Å². The lowest BCUT2D eigenvalue weighted by atomic mass is 10.2. The summed E-state index contributed by atoms with van der Waals surface area (Å²) < 4.78 is 8.05. The third kappa shape index (κ3) is 2.57. The van der Waals surface area contributed by atoms with Crippen LogP contribution in [0, 0.1) is 0 Å². The summed E-state index contributed by atoms with van der Waals surface area (Å²) in [6, 6.07) is 15.6. The maximum atomic E-state index is 6.12. The maximum absolute atomic E-state index is 6.12. The van der Waals surface area contributed by atoms with E-state index in [-0.39, 0.29) is 0 Å². The molecule has 2 N–H and O–H groups in total. The number of para-hydroxylation sites is 1. The Morgan fingerprint density at radius 1 is 1.14 bits per heavy atom. The van der Waals surface area contributed by atoms with Crippen molar-refractivity contribution in [3.05, 3.63) is 59.2 Å². The Labute approximate surface area is 128 Å². The predicted octanol–water partition coefficient (Wildman–Crippen LogP) is 4.48. The van der Waals surface area contributed by atoms with Crippen LogP contribution >= 0.6 is 11.6 Å². The van der Waals surface area contributed by atoms with Gasteiger partial charge in [-0.2, -0.15) is 0 Å². The summed E-state index contributed by atoms with van der Waals surface area (Å²) in [5.41, 5.74) is 9.06. The summed E-state index contributed by atoms with van der Waals surface area (Å²) in [6.45, 7) is 3.45. The Hall–Kier alpha value is -2.13. The molecule has 0 saturated carbocycles. The predicted molar refractivity (Wildman–Crippen MR) is 87.8 cm³/mol. The minimum atomic E-state index is 0.464. The van der Waals surface area contributed by atoms with Crippen molar-refractivity contribution in [2.24, 2.45) is 0 Å². The average molecular weight is 301 g/mol. The fraction of sp³-hybridized carbons (Fsp3) is 0.176. The Kier molecular flexibility index (Phi) is 3.76. The van der Waals surface area contributed by atoms with Gasteiger partial charge in [0.15, 0.2) is 0 Å². The highest BCUT2D eigenvalue weighted by Crippen LogP contribution is 2.28. The second kappa shape index (κ2) is 5.70. The molecule has 1 aromatic heterocycles. The fourth-order valence-corrected chi connectivity index (χ4v) is 2.76. The smallest absolute Gasteiger partial charge is 0.138 e. The number of nitrogens with two attached hydrogens (primary N) is 1. The van der Waals surface area contributed by atoms with Crippen LogP contribution < -0.4 is 10.5 Å². The van der Waals surface area contributed by atoms with Gasteiger partial charge in [-0.3, -0.25) is 0 Å². The normalized spacial score (nSPS) is 11.0. The Morgan fingerprint density at radius 2 is 1.95 bits per heavy atom. The van der Waals surface area contributed by atoms with Crippen molar-refractivity contribution in [3.63, 3.8) is 0 Å². The van der Waals surface area contributed by atoms with Gasteiger partial charge in [-0.25, -0.2) is 0 Å². The number of aromatic nitrogens is 1. The van der Waals surface area contributed by atoms with Crippen LogP contribution in [-0.2, 0) is 13.2 Å². The number of benzene rings is 2. The number of hydrogen-bond acceptors (Lipinski definition) is 2. The molecule has 3 aromatic rings. The van der Waals surface area contributed by atoms with Gasteiger partial charge in [0.25, 0.3) is 0 Å². The molecule has 21 heavy (non-hydrogen) atoms. The van der Waals surface area contributed by atoms with Gasteiger partial charge in [-0.05, 0) is 37.3 Å². The summed E-state index contributed by atoms with van der Waals surface area (Å²) in [6.07, 6.45) is 0. The van der Waals surface area contributed by atoms with Crippen molar-refractivity contribution in [2.75, 3.05) is 5.73 Å². The van der Waals surface area contributed by atoms with Crippen LogP contribution in [0.4, 0.5) is 5.69 Å². The third-order valence-corrected chi connectivity index (χ3v) is 3.91. The molecule has 0 fully saturated rings. The van der Waals surface area contributed by atoms with E-state index in [9.17, 15) is 0 Å². The molecule has 3 rings (SSSR count). The molecule has 0 radical (unpaired) electrons. The van der Waals surface area contributed by atoms with E-state index in [1.54, 1.807) is 0 Å². The first kappa shape index (κ1) is 13.8. The van der Waals surface area contributed by atoms with Gasteiger partial charge in [-0.15, -0.1) is 0 Å². The Balaban J connectivity index is 1.94. The van der Waals surface area contributed by atoms with Crippen LogP contribution in [-0.4, -0.2) is 4.57 Å². The molecule has 1 heterocycles. The lowest BCUT2D eigenvalue weighted by Crippen LogP contribution is -2.04. The van der Waals surface area contributed by atoms with Crippen molar-refractivity contribution < 1.29 is 4.74 Å². The quantitative estimate of drug-likeness (QED) is 0.722. The van der Waals surface area contributed by atoms with E-state index in [4.69, 9.17) is 22.1 Å². The molecule has 0 spiro atoms. The standard InChI is InChI=1S/C17H17ClN2O/c1-2-20-12(10-13-15(19)7-5-8-16(13)20)11-21-17-9-4-3-6-14(17)18/h3-10H,2,11,19H2,1H3. The zero-order chi connectivity index (χ0) is 14.8. The van der Waals surface area contributed by atoms with E-state index >= 15 is 0 Å². The first-order valence-electron chi connectivity index (χ1n) is 6.94. The highest BCUT2D eigenvalue weighted by molar-refractivity contribution is 6.32. The molecule has 2 aromatic carbocycles. The first-order chi connectivity index (χ1) is 10.2. The van der Waals surface area contributed by atoms with Crippen LogP contribution in [0.3, 0.4) is 0 Å². The van der Waals surface area contributed by atoms with Gasteiger partial charge in [0, 0.05) is 17.6 Å². The largest absolute Gasteiger partial charge is 0.486 e. The van der Waals surface area contributed by atoms with Crippen LogP contribution in [0.15, 0.2) is 48.5 Å². The summed E-state index contributed by atoms with van der Waals surface area (Å²) in [4.78, 5) is 0. The number of rotatable bonds is 4. The zero-order valence-electron chi connectivity index (χ0n) is 11.8. The van der Waals surface area contributed by atoms with Crippen LogP contribution in [0.5, 0.6) is 5.75 Å². The van der Waals surface area contributed by atoms with Crippen molar-refractivity contribution in [2.45, 2.75) is 20.1 Å². The molecular formula is C17H17ClN2O. The fourth-order valence-electron chi connectivity index (χ4n) is 2.57. The lowest BCUT2D eigenvalue weighted by Gasteiger charge is -2.10. The van der Waals surface area contributed by atoms with Crippen molar-refractivity contribution in [3.8, 4) is 5.75 Å². The van der Waals surface area contributed by atoms with E-state index < -0.39 is 0 Å². The molecular weight excluding hydrogens is 284 g/mol. The second-order valence-corrected chi connectivity index (χ2v) is 5.29. The number of aryl methyl sites for hydroxylation is 1. The number of anilines is 1. The number of nitrogen functional groups attached to an aromatic ring is 1. The Bertz CT molecular complexity index is 780. The van der Waals surface area contributed by atoms with E-state index in [1.165, 1.54) is 0 Å². The molecule has 0 aliphatic carbocycles. The highest BCUT2D eigenvalue weighted by atomic mass is 35.5. The molecule has 0 atom stereocenters. The monoisotopic (exact) mass is 300 g/mol. The summed E-state index contributed by atoms with van der Waals surface area (Å²) in [5.74, 6) is 0.694. The summed E-state index contributed by atoms with van der Waals surface area (Å²) in [5, 5.41) is 1.69. The number of fused-ring (bicyclic) bond motifs is 1. The lowest BCUT2D eigenvalue weighted by molar-refractivity contribution is 0.296. The number of halogens is 1. The van der Waals surface area contributed by atoms with Crippen molar-refractivity contribution in [1.29, 1.82) is 0 Å². The molecule has 108 valence electrons. The number of hydrogen-bond donors (Lipinski definition) is 1. The molecule has 3 nitrogen and oxygen atoms in total. The first-order valence-corrected chi connectivity index (χ1v) is 7.32. The van der Waals surface area contributed by atoms with E-state index in [1.807, 2.05) is 36.4 Å². The number of ether oxygens (including phenoxy) is 1. The molecule has 0 aliphatic rings.